The zero-order valence-electron chi connectivity index (χ0n) is 20.3. The molecule has 40 heavy (non-hydrogen) atoms. The molecule has 1 fully saturated rings. The van der Waals surface area contributed by atoms with Crippen molar-refractivity contribution in [1.82, 2.24) is 33.5 Å². The van der Waals surface area contributed by atoms with Crippen LogP contribution in [-0.2, 0) is 34.6 Å². The molecule has 0 amide bonds. The number of nitrogens with zero attached hydrogens (tertiary/aromatic N) is 7. The number of thiol groups is 1. The molecule has 4 aromatic heterocycles. The molecule has 2 aliphatic rings. The summed E-state index contributed by atoms with van der Waals surface area (Å²) < 4.78 is 55.2. The lowest BCUT2D eigenvalue weighted by molar-refractivity contribution is -0.0483. The minimum atomic E-state index is -4.32. The summed E-state index contributed by atoms with van der Waals surface area (Å²) in [5.41, 5.74) is 3.88. The van der Waals surface area contributed by atoms with Crippen LogP contribution in [0, 0.1) is 0 Å². The number of alkyl halides is 1. The van der Waals surface area contributed by atoms with E-state index in [9.17, 15) is 19.6 Å². The van der Waals surface area contributed by atoms with Gasteiger partial charge in [0.15, 0.2) is 11.5 Å². The summed E-state index contributed by atoms with van der Waals surface area (Å²) in [6.45, 7) is -6.29. The highest BCUT2D eigenvalue weighted by atomic mass is 32.7. The van der Waals surface area contributed by atoms with Gasteiger partial charge in [-0.2, -0.15) is 0 Å². The monoisotopic (exact) mass is 596 g/mol. The number of rotatable bonds is 8. The summed E-state index contributed by atoms with van der Waals surface area (Å²) in [5, 5.41) is 20.4. The van der Waals surface area contributed by atoms with E-state index in [4.69, 9.17) is 24.3 Å². The number of aromatic nitrogens is 7. The van der Waals surface area contributed by atoms with E-state index in [-0.39, 0.29) is 40.7 Å². The van der Waals surface area contributed by atoms with Crippen LogP contribution >= 0.6 is 19.0 Å². The number of halogens is 1. The molecule has 0 aromatic carbocycles. The van der Waals surface area contributed by atoms with Gasteiger partial charge in [-0.15, -0.1) is 0 Å². The zero-order chi connectivity index (χ0) is 28.3. The Hall–Kier alpha value is -3.38. The van der Waals surface area contributed by atoms with Crippen LogP contribution in [0.25, 0.3) is 16.9 Å². The van der Waals surface area contributed by atoms with Gasteiger partial charge in [0.2, 0.25) is 17.3 Å². The molecule has 0 aliphatic carbocycles. The van der Waals surface area contributed by atoms with Gasteiger partial charge in [-0.05, 0) is 0 Å². The fourth-order valence-corrected chi connectivity index (χ4v) is 6.24. The van der Waals surface area contributed by atoms with Gasteiger partial charge in [-0.1, -0.05) is 12.2 Å². The Labute approximate surface area is 228 Å². The Kier molecular flexibility index (Phi) is 6.45. The van der Waals surface area contributed by atoms with Crippen LogP contribution in [0.3, 0.4) is 0 Å². The lowest BCUT2D eigenvalue weighted by Gasteiger charge is -2.31. The molecule has 5 atom stereocenters. The van der Waals surface area contributed by atoms with Gasteiger partial charge < -0.3 is 25.4 Å². The maximum atomic E-state index is 16.0. The molecule has 6 rings (SSSR count). The molecule has 4 N–H and O–H groups in total. The third-order valence-corrected chi connectivity index (χ3v) is 8.21. The second-order valence-corrected chi connectivity index (χ2v) is 11.9. The SMILES string of the molecule is Nc1ncnc2c1ncn2[C@@]1(F)CO[C@H](CO[P@@](=O)(S)O[C@]2(n3ccc(=O)n4ccnc34)C=C(CO)OC2)[C@H]1O. The number of imidazole rings is 2. The number of ether oxygens (including phenoxy) is 2. The summed E-state index contributed by atoms with van der Waals surface area (Å²) in [7, 11) is 0. The second kappa shape index (κ2) is 9.62. The van der Waals surface area contributed by atoms with Crippen LogP contribution < -0.4 is 11.3 Å². The van der Waals surface area contributed by atoms with E-state index in [1.807, 2.05) is 0 Å². The minimum Gasteiger partial charge on any atom is -0.490 e. The molecule has 6 heterocycles. The molecule has 0 radical (unpaired) electrons. The molecule has 16 nitrogen and oxygen atoms in total. The molecular weight excluding hydrogens is 574 g/mol. The molecule has 0 bridgehead atoms. The van der Waals surface area contributed by atoms with Crippen molar-refractivity contribution >= 4 is 41.8 Å². The number of aliphatic hydroxyl groups excluding tert-OH is 2. The van der Waals surface area contributed by atoms with Gasteiger partial charge in [-0.3, -0.25) is 27.4 Å². The average molecular weight is 596 g/mol. The number of aliphatic hydroxyl groups is 2. The first kappa shape index (κ1) is 26.8. The summed E-state index contributed by atoms with van der Waals surface area (Å²) in [4.78, 5) is 28.2. The lowest BCUT2D eigenvalue weighted by atomic mass is 10.1. The van der Waals surface area contributed by atoms with Gasteiger partial charge in [0.05, 0.1) is 12.9 Å². The van der Waals surface area contributed by atoms with E-state index < -0.39 is 50.3 Å². The van der Waals surface area contributed by atoms with Crippen molar-refractivity contribution in [2.24, 2.45) is 0 Å². The number of anilines is 1. The van der Waals surface area contributed by atoms with Crippen LogP contribution in [-0.4, -0.2) is 82.3 Å². The summed E-state index contributed by atoms with van der Waals surface area (Å²) in [6, 6.07) is 1.23. The number of hydrogen-bond donors (Lipinski definition) is 4. The molecule has 1 saturated heterocycles. The van der Waals surface area contributed by atoms with Crippen LogP contribution in [0.5, 0.6) is 0 Å². The standard InChI is InChI=1S/C21H22FN8O8PS/c22-21(30-11-27-15-17(23)25-10-26-18(15)30)9-36-13(16(21)33)7-37-39(34,40)38-20(5-12(6-31)35-8-20)29-3-1-14(32)28-4-2-24-19(28)29/h1-5,10-11,13,16,31,33H,6-9H2,(H,34,40)(H2,23,25,26)/t13-,16-,20-,21+,39-/m1/s1. The first-order valence-corrected chi connectivity index (χ1v) is 14.4. The van der Waals surface area contributed by atoms with Gasteiger partial charge in [-0.25, -0.2) is 28.9 Å². The van der Waals surface area contributed by atoms with E-state index >= 15 is 4.39 Å². The third kappa shape index (κ3) is 4.28. The molecule has 19 heteroatoms. The van der Waals surface area contributed by atoms with Gasteiger partial charge in [0.25, 0.3) is 5.56 Å². The van der Waals surface area contributed by atoms with E-state index in [0.717, 1.165) is 17.2 Å². The van der Waals surface area contributed by atoms with Gasteiger partial charge in [0, 0.05) is 30.7 Å². The highest BCUT2D eigenvalue weighted by Crippen LogP contribution is 2.58. The molecular formula is C21H22FN8O8PS. The predicted molar refractivity (Wildman–Crippen MR) is 137 cm³/mol. The molecule has 212 valence electrons. The van der Waals surface area contributed by atoms with Gasteiger partial charge in [0.1, 0.15) is 49.6 Å². The largest absolute Gasteiger partial charge is 0.490 e. The van der Waals surface area contributed by atoms with Crippen LogP contribution in [0.15, 0.2) is 53.9 Å². The summed E-state index contributed by atoms with van der Waals surface area (Å²) >= 11 is 4.07. The third-order valence-electron chi connectivity index (χ3n) is 6.60. The van der Waals surface area contributed by atoms with Crippen molar-refractivity contribution < 1.29 is 37.7 Å². The fraction of sp³-hybridized carbons (Fsp3) is 0.381. The molecule has 0 saturated carbocycles. The Morgan fingerprint density at radius 2 is 2.08 bits per heavy atom. The Morgan fingerprint density at radius 3 is 2.85 bits per heavy atom. The van der Waals surface area contributed by atoms with Crippen LogP contribution in [0.1, 0.15) is 0 Å². The number of hydrogen-bond acceptors (Lipinski definition) is 13. The maximum absolute atomic E-state index is 16.0. The Balaban J connectivity index is 1.23. The van der Waals surface area contributed by atoms with Crippen LogP contribution in [0.2, 0.25) is 0 Å². The van der Waals surface area contributed by atoms with Gasteiger partial charge >= 0.3 is 6.80 Å². The van der Waals surface area contributed by atoms with Crippen molar-refractivity contribution in [1.29, 1.82) is 0 Å². The number of nitrogens with two attached hydrogens (primary N) is 1. The maximum Gasteiger partial charge on any atom is 0.388 e. The minimum absolute atomic E-state index is 0.0346. The number of fused-ring (bicyclic) bond motifs is 2. The van der Waals surface area contributed by atoms with Crippen molar-refractivity contribution in [2.45, 2.75) is 23.7 Å². The highest BCUT2D eigenvalue weighted by molar-refractivity contribution is 8.44. The van der Waals surface area contributed by atoms with Crippen molar-refractivity contribution in [3.05, 3.63) is 59.5 Å². The molecule has 2 aliphatic heterocycles. The van der Waals surface area contributed by atoms with Crippen molar-refractivity contribution in [3.63, 3.8) is 0 Å². The normalized spacial score (nSPS) is 28.1. The summed E-state index contributed by atoms with van der Waals surface area (Å²) in [5.74, 6) is -2.25. The van der Waals surface area contributed by atoms with Crippen molar-refractivity contribution in [2.75, 3.05) is 32.2 Å². The molecule has 0 unspecified atom stereocenters. The fourth-order valence-electron chi connectivity index (χ4n) is 4.64. The average Bonchev–Trinajstić information content (AvgIpc) is 3.71. The lowest BCUT2D eigenvalue weighted by Crippen LogP contribution is -2.43. The quantitative estimate of drug-likeness (QED) is 0.156. The van der Waals surface area contributed by atoms with E-state index in [1.165, 1.54) is 39.7 Å². The Morgan fingerprint density at radius 1 is 1.25 bits per heavy atom. The topological polar surface area (TPSA) is 203 Å². The van der Waals surface area contributed by atoms with E-state index in [1.54, 1.807) is 0 Å². The first-order valence-electron chi connectivity index (χ1n) is 11.7. The number of nitrogen functional groups attached to an aromatic ring is 1. The van der Waals surface area contributed by atoms with E-state index in [2.05, 4.69) is 32.2 Å². The van der Waals surface area contributed by atoms with E-state index in [0.29, 0.717) is 0 Å². The molecule has 4 aromatic rings. The zero-order valence-corrected chi connectivity index (χ0v) is 22.1. The second-order valence-electron chi connectivity index (χ2n) is 9.04. The molecule has 0 spiro atoms. The first-order chi connectivity index (χ1) is 19.1. The van der Waals surface area contributed by atoms with Crippen LogP contribution in [0.4, 0.5) is 10.2 Å². The van der Waals surface area contributed by atoms with Crippen molar-refractivity contribution in [3.8, 4) is 0 Å². The Bertz CT molecular complexity index is 1750. The smallest absolute Gasteiger partial charge is 0.388 e. The summed E-state index contributed by atoms with van der Waals surface area (Å²) in [6.07, 6.45) is 4.67. The predicted octanol–water partition coefficient (Wildman–Crippen LogP) is -0.0696. The highest BCUT2D eigenvalue weighted by Gasteiger charge is 2.53.